The van der Waals surface area contributed by atoms with Crippen LogP contribution in [0.15, 0.2) is 109 Å². The maximum absolute atomic E-state index is 13.2. The molecule has 0 radical (unpaired) electrons. The largest absolute Gasteiger partial charge is 0.461 e. The van der Waals surface area contributed by atoms with Crippen molar-refractivity contribution < 1.29 is 24.5 Å². The Morgan fingerprint density at radius 2 is 0.952 bits per heavy atom. The van der Waals surface area contributed by atoms with Crippen molar-refractivity contribution in [3.8, 4) is 0 Å². The van der Waals surface area contributed by atoms with Gasteiger partial charge in [-0.25, -0.2) is 0 Å². The molecule has 3 N–H and O–H groups in total. The van der Waals surface area contributed by atoms with E-state index in [0.717, 1.165) is 96.3 Å². The summed E-state index contributed by atoms with van der Waals surface area (Å²) < 4.78 is 5.86. The van der Waals surface area contributed by atoms with E-state index in [-0.39, 0.29) is 24.9 Å². The highest BCUT2D eigenvalue weighted by molar-refractivity contribution is 5.77. The number of hydrogen-bond donors (Lipinski definition) is 3. The van der Waals surface area contributed by atoms with E-state index in [1.807, 2.05) is 30.4 Å². The summed E-state index contributed by atoms with van der Waals surface area (Å²) in [5.74, 6) is -0.616. The molecule has 0 rings (SSSR count). The first-order valence-electron chi connectivity index (χ1n) is 25.7. The van der Waals surface area contributed by atoms with Crippen molar-refractivity contribution in [2.75, 3.05) is 6.61 Å². The molecular formula is C57H95NO5. The molecule has 0 saturated carbocycles. The molecule has 358 valence electrons. The predicted octanol–water partition coefficient (Wildman–Crippen LogP) is 15.5. The maximum Gasteiger partial charge on any atom is 0.306 e. The molecule has 0 bridgehead atoms. The second kappa shape index (κ2) is 49.5. The molecule has 0 aromatic rings. The molecule has 0 aromatic carbocycles. The first kappa shape index (κ1) is 59.5. The van der Waals surface area contributed by atoms with Crippen molar-refractivity contribution in [1.29, 1.82) is 0 Å². The minimum Gasteiger partial charge on any atom is -0.461 e. The second-order valence-corrected chi connectivity index (χ2v) is 16.9. The fourth-order valence-corrected chi connectivity index (χ4v) is 7.11. The van der Waals surface area contributed by atoms with E-state index in [1.54, 1.807) is 0 Å². The number of aliphatic hydroxyl groups is 2. The van der Waals surface area contributed by atoms with Gasteiger partial charge < -0.3 is 20.3 Å². The Hall–Kier alpha value is -3.48. The minimum atomic E-state index is -0.823. The fourth-order valence-electron chi connectivity index (χ4n) is 7.11. The molecule has 6 nitrogen and oxygen atoms in total. The third-order valence-electron chi connectivity index (χ3n) is 10.9. The van der Waals surface area contributed by atoms with Gasteiger partial charge in [0.25, 0.3) is 0 Å². The highest BCUT2D eigenvalue weighted by atomic mass is 16.5. The van der Waals surface area contributed by atoms with Gasteiger partial charge in [-0.05, 0) is 64.2 Å². The zero-order valence-electron chi connectivity index (χ0n) is 40.7. The molecule has 0 aliphatic heterocycles. The number of nitrogens with one attached hydrogen (secondary N) is 1. The molecule has 3 atom stereocenters. The van der Waals surface area contributed by atoms with Crippen molar-refractivity contribution in [3.05, 3.63) is 109 Å². The number of amides is 1. The molecule has 0 aliphatic rings. The number of carbonyl (C=O) groups excluding carboxylic acids is 2. The quantitative estimate of drug-likeness (QED) is 0.0245. The summed E-state index contributed by atoms with van der Waals surface area (Å²) in [5.41, 5.74) is 0. The number of unbranched alkanes of at least 4 members (excludes halogenated alkanes) is 18. The SMILES string of the molecule is CC/C=C\C/C=C\C/C=C\C/C=C\C/C=C\CC(CC(=O)NC(CO)C(O)CCCCCCCCCCCCCCCC)OC(=O)CCCCCCC\C=C/C=C/C=C/C=C/CC. The van der Waals surface area contributed by atoms with Gasteiger partial charge >= 0.3 is 5.97 Å². The van der Waals surface area contributed by atoms with Gasteiger partial charge in [0.15, 0.2) is 0 Å². The zero-order valence-corrected chi connectivity index (χ0v) is 40.7. The minimum absolute atomic E-state index is 0.0168. The molecular weight excluding hydrogens is 779 g/mol. The molecule has 6 heteroatoms. The standard InChI is InChI=1S/C57H95NO5/c1-4-7-10-13-16-19-22-25-28-30-33-36-39-42-45-48-53(63-57(62)50-47-44-41-38-35-32-29-26-23-20-17-14-11-8-5-2)51-56(61)58-54(52-59)55(60)49-46-43-40-37-34-31-27-24-21-18-15-12-9-6-3/h7-8,10-11,14,16-17,19-20,23,25-26,28-29,33,36,42,45,53-55,59-60H,4-6,9,12-13,15,18,21-22,24,27,30-32,34-35,37-41,43-44,46-52H2,1-3H3,(H,58,61)/b10-7-,11-8+,17-14+,19-16-,23-20+,28-25-,29-26-,36-33-,45-42-. The van der Waals surface area contributed by atoms with E-state index in [0.29, 0.717) is 19.3 Å². The summed E-state index contributed by atoms with van der Waals surface area (Å²) in [7, 11) is 0. The lowest BCUT2D eigenvalue weighted by Crippen LogP contribution is -2.46. The Bertz CT molecular complexity index is 1300. The van der Waals surface area contributed by atoms with Crippen molar-refractivity contribution in [2.24, 2.45) is 0 Å². The Balaban J connectivity index is 4.78. The van der Waals surface area contributed by atoms with Crippen molar-refractivity contribution in [3.63, 3.8) is 0 Å². The van der Waals surface area contributed by atoms with Gasteiger partial charge in [-0.1, -0.05) is 239 Å². The highest BCUT2D eigenvalue weighted by Gasteiger charge is 2.23. The zero-order chi connectivity index (χ0) is 45.9. The molecule has 0 aliphatic carbocycles. The molecule has 0 aromatic heterocycles. The first-order chi connectivity index (χ1) is 31.0. The van der Waals surface area contributed by atoms with Gasteiger partial charge in [0.05, 0.1) is 25.2 Å². The average molecular weight is 874 g/mol. The lowest BCUT2D eigenvalue weighted by Gasteiger charge is -2.24. The van der Waals surface area contributed by atoms with Crippen LogP contribution in [-0.2, 0) is 14.3 Å². The predicted molar refractivity (Wildman–Crippen MR) is 273 cm³/mol. The van der Waals surface area contributed by atoms with Crippen molar-refractivity contribution in [1.82, 2.24) is 5.32 Å². The van der Waals surface area contributed by atoms with Gasteiger partial charge in [-0.3, -0.25) is 9.59 Å². The molecule has 0 spiro atoms. The number of aliphatic hydroxyl groups excluding tert-OH is 2. The Morgan fingerprint density at radius 3 is 1.48 bits per heavy atom. The lowest BCUT2D eigenvalue weighted by molar-refractivity contribution is -0.150. The summed E-state index contributed by atoms with van der Waals surface area (Å²) in [6, 6.07) is -0.744. The number of hydrogen-bond acceptors (Lipinski definition) is 5. The Labute approximate surface area is 388 Å². The summed E-state index contributed by atoms with van der Waals surface area (Å²) in [6.07, 6.45) is 67.3. The third-order valence-corrected chi connectivity index (χ3v) is 10.9. The van der Waals surface area contributed by atoms with Crippen LogP contribution in [0.3, 0.4) is 0 Å². The third kappa shape index (κ3) is 44.9. The van der Waals surface area contributed by atoms with E-state index in [4.69, 9.17) is 4.74 Å². The van der Waals surface area contributed by atoms with Crippen LogP contribution in [0, 0.1) is 0 Å². The van der Waals surface area contributed by atoms with Gasteiger partial charge in [-0.2, -0.15) is 0 Å². The second-order valence-electron chi connectivity index (χ2n) is 16.9. The van der Waals surface area contributed by atoms with Gasteiger partial charge in [0.2, 0.25) is 5.91 Å². The van der Waals surface area contributed by atoms with E-state index in [2.05, 4.69) is 105 Å². The molecule has 3 unspecified atom stereocenters. The molecule has 0 saturated heterocycles. The average Bonchev–Trinajstić information content (AvgIpc) is 3.28. The van der Waals surface area contributed by atoms with Crippen LogP contribution in [-0.4, -0.2) is 46.9 Å². The topological polar surface area (TPSA) is 95.9 Å². The van der Waals surface area contributed by atoms with Crippen molar-refractivity contribution >= 4 is 11.9 Å². The number of ether oxygens (including phenoxy) is 1. The molecule has 63 heavy (non-hydrogen) atoms. The lowest BCUT2D eigenvalue weighted by atomic mass is 10.0. The molecule has 1 amide bonds. The maximum atomic E-state index is 13.2. The molecule has 0 heterocycles. The van der Waals surface area contributed by atoms with Crippen LogP contribution in [0.1, 0.15) is 213 Å². The molecule has 0 fully saturated rings. The summed E-state index contributed by atoms with van der Waals surface area (Å²) in [4.78, 5) is 26.1. The number of carbonyl (C=O) groups is 2. The first-order valence-corrected chi connectivity index (χ1v) is 25.7. The number of esters is 1. The monoisotopic (exact) mass is 874 g/mol. The van der Waals surface area contributed by atoms with Crippen LogP contribution in [0.2, 0.25) is 0 Å². The number of allylic oxidation sites excluding steroid dienone is 17. The van der Waals surface area contributed by atoms with E-state index < -0.39 is 18.2 Å². The van der Waals surface area contributed by atoms with Crippen molar-refractivity contribution in [2.45, 2.75) is 232 Å². The van der Waals surface area contributed by atoms with E-state index in [1.165, 1.54) is 70.6 Å². The van der Waals surface area contributed by atoms with Gasteiger partial charge in [-0.15, -0.1) is 0 Å². The summed E-state index contributed by atoms with van der Waals surface area (Å²) in [5, 5.41) is 23.7. The highest BCUT2D eigenvalue weighted by Crippen LogP contribution is 2.16. The normalized spacial score (nSPS) is 14.2. The van der Waals surface area contributed by atoms with Crippen LogP contribution < -0.4 is 5.32 Å². The van der Waals surface area contributed by atoms with E-state index in [9.17, 15) is 19.8 Å². The Morgan fingerprint density at radius 1 is 0.508 bits per heavy atom. The summed E-state index contributed by atoms with van der Waals surface area (Å²) >= 11 is 0. The fraction of sp³-hybridized carbons (Fsp3) is 0.649. The number of rotatable bonds is 44. The van der Waals surface area contributed by atoms with Crippen LogP contribution >= 0.6 is 0 Å². The van der Waals surface area contributed by atoms with E-state index >= 15 is 0 Å². The van der Waals surface area contributed by atoms with Crippen LogP contribution in [0.4, 0.5) is 0 Å². The smallest absolute Gasteiger partial charge is 0.306 e. The van der Waals surface area contributed by atoms with Gasteiger partial charge in [0.1, 0.15) is 6.10 Å². The van der Waals surface area contributed by atoms with Crippen LogP contribution in [0.25, 0.3) is 0 Å². The van der Waals surface area contributed by atoms with Gasteiger partial charge in [0, 0.05) is 12.8 Å². The van der Waals surface area contributed by atoms with Crippen LogP contribution in [0.5, 0.6) is 0 Å². The Kier molecular flexibility index (Phi) is 46.8. The summed E-state index contributed by atoms with van der Waals surface area (Å²) in [6.45, 7) is 6.19.